The van der Waals surface area contributed by atoms with Crippen molar-refractivity contribution in [3.05, 3.63) is 65.2 Å². The van der Waals surface area contributed by atoms with E-state index in [-0.39, 0.29) is 11.3 Å². The lowest BCUT2D eigenvalue weighted by molar-refractivity contribution is -0.157. The summed E-state index contributed by atoms with van der Waals surface area (Å²) in [5.74, 6) is 0.466. The van der Waals surface area contributed by atoms with E-state index in [0.29, 0.717) is 6.61 Å². The molecular formula is C26H32O3. The topological polar surface area (TPSA) is 46.5 Å². The fourth-order valence-electron chi connectivity index (χ4n) is 5.90. The van der Waals surface area contributed by atoms with Gasteiger partial charge in [0.15, 0.2) is 0 Å². The van der Waals surface area contributed by atoms with Gasteiger partial charge in [0.2, 0.25) is 0 Å². The van der Waals surface area contributed by atoms with Crippen molar-refractivity contribution in [3.63, 3.8) is 0 Å². The molecule has 0 heterocycles. The molecule has 1 saturated carbocycles. The minimum absolute atomic E-state index is 0.0810. The van der Waals surface area contributed by atoms with Crippen LogP contribution in [0.1, 0.15) is 62.6 Å². The summed E-state index contributed by atoms with van der Waals surface area (Å²) in [6.45, 7) is 4.95. The van der Waals surface area contributed by atoms with Crippen LogP contribution >= 0.6 is 0 Å². The molecule has 4 rings (SSSR count). The number of rotatable bonds is 6. The molecule has 1 fully saturated rings. The number of aryl methyl sites for hydroxylation is 2. The van der Waals surface area contributed by atoms with E-state index in [1.54, 1.807) is 0 Å². The van der Waals surface area contributed by atoms with Crippen LogP contribution in [0.5, 0.6) is 5.75 Å². The molecule has 0 bridgehead atoms. The quantitative estimate of drug-likeness (QED) is 0.633. The number of fused-ring (bicyclic) bond motifs is 3. The van der Waals surface area contributed by atoms with E-state index in [1.807, 2.05) is 13.0 Å². The van der Waals surface area contributed by atoms with Crippen LogP contribution < -0.4 is 4.74 Å². The summed E-state index contributed by atoms with van der Waals surface area (Å²) in [5, 5.41) is 9.97. The van der Waals surface area contributed by atoms with Crippen molar-refractivity contribution in [2.75, 3.05) is 6.61 Å². The normalized spacial score (nSPS) is 28.3. The van der Waals surface area contributed by atoms with E-state index in [2.05, 4.69) is 49.4 Å². The minimum Gasteiger partial charge on any atom is -0.494 e. The maximum atomic E-state index is 12.1. The molecule has 2 aliphatic carbocycles. The molecule has 0 aliphatic heterocycles. The first-order valence-electron chi connectivity index (χ1n) is 11.0. The second-order valence-electron chi connectivity index (χ2n) is 9.34. The molecule has 29 heavy (non-hydrogen) atoms. The highest BCUT2D eigenvalue weighted by atomic mass is 16.5. The Morgan fingerprint density at radius 2 is 1.93 bits per heavy atom. The Kier molecular flexibility index (Phi) is 5.42. The third kappa shape index (κ3) is 3.68. The van der Waals surface area contributed by atoms with Gasteiger partial charge in [-0.25, -0.2) is 0 Å². The molecule has 3 nitrogen and oxygen atoms in total. The molecule has 0 amide bonds. The molecule has 2 aromatic carbocycles. The number of aliphatic carboxylic acids is 1. The average molecular weight is 393 g/mol. The Bertz CT molecular complexity index is 875. The molecule has 0 aromatic heterocycles. The van der Waals surface area contributed by atoms with Crippen molar-refractivity contribution in [2.24, 2.45) is 11.3 Å². The van der Waals surface area contributed by atoms with Gasteiger partial charge < -0.3 is 9.84 Å². The fraction of sp³-hybridized carbons (Fsp3) is 0.500. The third-order valence-electron chi connectivity index (χ3n) is 7.54. The van der Waals surface area contributed by atoms with Crippen molar-refractivity contribution in [2.45, 2.75) is 64.2 Å². The van der Waals surface area contributed by atoms with E-state index >= 15 is 0 Å². The lowest BCUT2D eigenvalue weighted by Crippen LogP contribution is -2.52. The predicted octanol–water partition coefficient (Wildman–Crippen LogP) is 5.79. The number of hydrogen-bond acceptors (Lipinski definition) is 2. The van der Waals surface area contributed by atoms with Gasteiger partial charge in [-0.05, 0) is 85.6 Å². The number of carbonyl (C=O) groups is 1. The van der Waals surface area contributed by atoms with Gasteiger partial charge in [-0.15, -0.1) is 0 Å². The zero-order chi connectivity index (χ0) is 20.5. The standard InChI is InChI=1S/C26H32O3/c1-25-15-7-16-26(2,24(27)28)23(25)14-12-20-11-13-21(18-22(20)25)29-17-6-10-19-8-4-3-5-9-19/h3-5,8-9,11,13,18,23H,6-7,10,12,14-17H2,1-2H3,(H,27,28)/t23?,25-,26+/m1/s1. The first-order valence-corrected chi connectivity index (χ1v) is 11.0. The van der Waals surface area contributed by atoms with E-state index < -0.39 is 11.4 Å². The van der Waals surface area contributed by atoms with Crippen LogP contribution in [0.25, 0.3) is 0 Å². The van der Waals surface area contributed by atoms with Gasteiger partial charge in [-0.2, -0.15) is 0 Å². The molecule has 1 N–H and O–H groups in total. The van der Waals surface area contributed by atoms with Crippen LogP contribution in [-0.4, -0.2) is 17.7 Å². The van der Waals surface area contributed by atoms with Crippen molar-refractivity contribution in [3.8, 4) is 5.75 Å². The molecule has 0 radical (unpaired) electrons. The highest BCUT2D eigenvalue weighted by molar-refractivity contribution is 5.75. The van der Waals surface area contributed by atoms with Crippen molar-refractivity contribution in [1.82, 2.24) is 0 Å². The summed E-state index contributed by atoms with van der Waals surface area (Å²) < 4.78 is 6.10. The first kappa shape index (κ1) is 20.0. The van der Waals surface area contributed by atoms with Gasteiger partial charge in [0, 0.05) is 0 Å². The number of carboxylic acids is 1. The van der Waals surface area contributed by atoms with E-state index in [4.69, 9.17) is 4.74 Å². The fourth-order valence-corrected chi connectivity index (χ4v) is 5.90. The van der Waals surface area contributed by atoms with Crippen LogP contribution in [0.15, 0.2) is 48.5 Å². The largest absolute Gasteiger partial charge is 0.494 e. The summed E-state index contributed by atoms with van der Waals surface area (Å²) in [5.41, 5.74) is 3.32. The van der Waals surface area contributed by atoms with Crippen molar-refractivity contribution >= 4 is 5.97 Å². The SMILES string of the molecule is C[C@]1(C(=O)O)CCC[C@]2(C)c3cc(OCCCc4ccccc4)ccc3CCC12. The maximum Gasteiger partial charge on any atom is 0.309 e. The highest BCUT2D eigenvalue weighted by Crippen LogP contribution is 2.57. The third-order valence-corrected chi connectivity index (χ3v) is 7.54. The van der Waals surface area contributed by atoms with Crippen LogP contribution in [0.2, 0.25) is 0 Å². The Morgan fingerprint density at radius 3 is 2.69 bits per heavy atom. The van der Waals surface area contributed by atoms with Crippen molar-refractivity contribution in [1.29, 1.82) is 0 Å². The van der Waals surface area contributed by atoms with E-state index in [0.717, 1.165) is 50.7 Å². The minimum atomic E-state index is -0.634. The number of hydrogen-bond donors (Lipinski definition) is 1. The van der Waals surface area contributed by atoms with Crippen LogP contribution in [0.4, 0.5) is 0 Å². The van der Waals surface area contributed by atoms with Crippen LogP contribution in [0.3, 0.4) is 0 Å². The highest BCUT2D eigenvalue weighted by Gasteiger charge is 2.55. The summed E-state index contributed by atoms with van der Waals surface area (Å²) in [4.78, 5) is 12.1. The number of benzene rings is 2. The Morgan fingerprint density at radius 1 is 1.14 bits per heavy atom. The van der Waals surface area contributed by atoms with Gasteiger partial charge in [0.25, 0.3) is 0 Å². The maximum absolute atomic E-state index is 12.1. The first-order chi connectivity index (χ1) is 13.9. The summed E-state index contributed by atoms with van der Waals surface area (Å²) in [7, 11) is 0. The number of ether oxygens (including phenoxy) is 1. The molecule has 0 spiro atoms. The predicted molar refractivity (Wildman–Crippen MR) is 115 cm³/mol. The molecule has 2 aliphatic rings. The van der Waals surface area contributed by atoms with E-state index in [1.165, 1.54) is 16.7 Å². The molecule has 3 heteroatoms. The summed E-state index contributed by atoms with van der Waals surface area (Å²) in [6.07, 6.45) is 6.74. The van der Waals surface area contributed by atoms with Crippen molar-refractivity contribution < 1.29 is 14.6 Å². The molecule has 2 aromatic rings. The molecule has 154 valence electrons. The second-order valence-corrected chi connectivity index (χ2v) is 9.34. The zero-order valence-electron chi connectivity index (χ0n) is 17.6. The Hall–Kier alpha value is -2.29. The average Bonchev–Trinajstić information content (AvgIpc) is 2.72. The van der Waals surface area contributed by atoms with Gasteiger partial charge in [0.1, 0.15) is 5.75 Å². The monoisotopic (exact) mass is 392 g/mol. The summed E-state index contributed by atoms with van der Waals surface area (Å²) in [6, 6.07) is 17.0. The molecule has 3 atom stereocenters. The molecule has 0 saturated heterocycles. The van der Waals surface area contributed by atoms with Gasteiger partial charge in [-0.1, -0.05) is 49.7 Å². The van der Waals surface area contributed by atoms with Gasteiger partial charge in [0.05, 0.1) is 12.0 Å². The lowest BCUT2D eigenvalue weighted by atomic mass is 9.50. The van der Waals surface area contributed by atoms with Gasteiger partial charge >= 0.3 is 5.97 Å². The smallest absolute Gasteiger partial charge is 0.309 e. The Labute approximate surface area is 174 Å². The summed E-state index contributed by atoms with van der Waals surface area (Å²) >= 11 is 0. The molecular weight excluding hydrogens is 360 g/mol. The van der Waals surface area contributed by atoms with Gasteiger partial charge in [-0.3, -0.25) is 4.79 Å². The molecule has 1 unspecified atom stereocenters. The van der Waals surface area contributed by atoms with Crippen LogP contribution in [0, 0.1) is 11.3 Å². The Balaban J connectivity index is 1.49. The number of carboxylic acid groups (broad SMARTS) is 1. The lowest BCUT2D eigenvalue weighted by Gasteiger charge is -2.53. The van der Waals surface area contributed by atoms with Crippen LogP contribution in [-0.2, 0) is 23.1 Å². The zero-order valence-corrected chi connectivity index (χ0v) is 17.6. The second kappa shape index (κ2) is 7.85. The van der Waals surface area contributed by atoms with E-state index in [9.17, 15) is 9.90 Å².